The van der Waals surface area contributed by atoms with E-state index in [0.29, 0.717) is 17.2 Å². The lowest BCUT2D eigenvalue weighted by Crippen LogP contribution is -2.55. The molecule has 4 rings (SSSR count). The maximum atomic E-state index is 10.5. The van der Waals surface area contributed by atoms with Crippen LogP contribution in [0.5, 0.6) is 5.75 Å². The average molecular weight is 435 g/mol. The average Bonchev–Trinajstić information content (AvgIpc) is 3.55. The van der Waals surface area contributed by atoms with Gasteiger partial charge in [-0.25, -0.2) is 0 Å². The van der Waals surface area contributed by atoms with Gasteiger partial charge in [0.1, 0.15) is 36.3 Å². The van der Waals surface area contributed by atoms with E-state index in [1.165, 1.54) is 0 Å². The summed E-state index contributed by atoms with van der Waals surface area (Å²) in [7, 11) is 0. The molecule has 0 radical (unpaired) electrons. The maximum Gasteiger partial charge on any atom is 0.119 e. The molecule has 2 fully saturated rings. The minimum atomic E-state index is -1.42. The second-order valence-electron chi connectivity index (χ2n) is 8.03. The molecule has 0 spiro atoms. The molecule has 2 aromatic carbocycles. The van der Waals surface area contributed by atoms with Crippen molar-refractivity contribution < 1.29 is 29.9 Å². The quantitative estimate of drug-likeness (QED) is 0.557. The molecule has 1 aliphatic carbocycles. The second-order valence-corrected chi connectivity index (χ2v) is 8.44. The van der Waals surface area contributed by atoms with Crippen LogP contribution >= 0.6 is 11.6 Å². The van der Waals surface area contributed by atoms with E-state index in [-0.39, 0.29) is 5.41 Å². The molecule has 0 aromatic heterocycles. The molecule has 4 N–H and O–H groups in total. The lowest BCUT2D eigenvalue weighted by atomic mass is 9.85. The molecular weight excluding hydrogens is 408 g/mol. The molecule has 1 heterocycles. The first-order chi connectivity index (χ1) is 14.4. The molecule has 1 aliphatic heterocycles. The van der Waals surface area contributed by atoms with E-state index >= 15 is 0 Å². The molecule has 0 unspecified atom stereocenters. The molecule has 162 valence electrons. The normalized spacial score (nSPS) is 30.1. The number of aliphatic hydroxyl groups excluding tert-OH is 4. The molecule has 30 heavy (non-hydrogen) atoms. The zero-order chi connectivity index (χ0) is 21.5. The lowest BCUT2D eigenvalue weighted by molar-refractivity contribution is -0.231. The number of ether oxygens (including phenoxy) is 2. The Labute approximate surface area is 180 Å². The van der Waals surface area contributed by atoms with Crippen molar-refractivity contribution in [1.29, 1.82) is 0 Å². The van der Waals surface area contributed by atoms with Crippen molar-refractivity contribution in [3.05, 3.63) is 64.2 Å². The highest BCUT2D eigenvalue weighted by Gasteiger charge is 2.48. The highest BCUT2D eigenvalue weighted by molar-refractivity contribution is 6.31. The van der Waals surface area contributed by atoms with E-state index in [9.17, 15) is 20.4 Å². The van der Waals surface area contributed by atoms with Crippen molar-refractivity contribution >= 4 is 11.6 Å². The van der Waals surface area contributed by atoms with Gasteiger partial charge >= 0.3 is 0 Å². The van der Waals surface area contributed by atoms with Gasteiger partial charge in [0.05, 0.1) is 13.2 Å². The smallest absolute Gasteiger partial charge is 0.119 e. The predicted molar refractivity (Wildman–Crippen MR) is 112 cm³/mol. The number of aliphatic hydroxyl groups is 4. The Morgan fingerprint density at radius 1 is 1.03 bits per heavy atom. The van der Waals surface area contributed by atoms with Gasteiger partial charge in [-0.1, -0.05) is 35.9 Å². The van der Waals surface area contributed by atoms with Crippen molar-refractivity contribution in [2.75, 3.05) is 13.2 Å². The minimum absolute atomic E-state index is 0.216. The second kappa shape index (κ2) is 8.46. The summed E-state index contributed by atoms with van der Waals surface area (Å²) in [6, 6.07) is 13.4. The fourth-order valence-corrected chi connectivity index (χ4v) is 4.64. The summed E-state index contributed by atoms with van der Waals surface area (Å²) in [5.74, 6) is 0.818. The molecule has 2 aromatic rings. The standard InChI is InChI=1S/C23H27ClO6/c1-2-29-15-6-4-14(5-7-15)23(9-10-23)16-11-13(3-8-17(16)24)22-21(28)20(27)19(26)18(12-25)30-22/h3-8,11,18-22,25-28H,2,9-10,12H2,1H3/t18-,19-,20+,21-,22+/m1/s1. The Balaban J connectivity index is 1.67. The fraction of sp³-hybridized carbons (Fsp3) is 0.478. The van der Waals surface area contributed by atoms with Gasteiger partial charge in [-0.15, -0.1) is 0 Å². The summed E-state index contributed by atoms with van der Waals surface area (Å²) in [6.07, 6.45) is -4.07. The zero-order valence-corrected chi connectivity index (χ0v) is 17.5. The first-order valence-corrected chi connectivity index (χ1v) is 10.6. The Morgan fingerprint density at radius 2 is 1.73 bits per heavy atom. The summed E-state index contributed by atoms with van der Waals surface area (Å²) in [6.45, 7) is 2.09. The van der Waals surface area contributed by atoms with Crippen LogP contribution in [0.1, 0.15) is 42.6 Å². The van der Waals surface area contributed by atoms with Gasteiger partial charge < -0.3 is 29.9 Å². The van der Waals surface area contributed by atoms with Gasteiger partial charge in [0, 0.05) is 10.4 Å². The summed E-state index contributed by atoms with van der Waals surface area (Å²) >= 11 is 6.58. The van der Waals surface area contributed by atoms with Crippen LogP contribution in [-0.2, 0) is 10.2 Å². The van der Waals surface area contributed by atoms with Crippen LogP contribution in [0.2, 0.25) is 5.02 Å². The molecule has 7 heteroatoms. The summed E-state index contributed by atoms with van der Waals surface area (Å²) in [5.41, 5.74) is 2.50. The predicted octanol–water partition coefficient (Wildman–Crippen LogP) is 2.33. The first kappa shape index (κ1) is 21.6. The van der Waals surface area contributed by atoms with Crippen molar-refractivity contribution in [3.8, 4) is 5.75 Å². The largest absolute Gasteiger partial charge is 0.494 e. The van der Waals surface area contributed by atoms with Crippen LogP contribution in [0.15, 0.2) is 42.5 Å². The Morgan fingerprint density at radius 3 is 2.33 bits per heavy atom. The van der Waals surface area contributed by atoms with E-state index < -0.39 is 37.1 Å². The highest BCUT2D eigenvalue weighted by Crippen LogP contribution is 2.56. The monoisotopic (exact) mass is 434 g/mol. The first-order valence-electron chi connectivity index (χ1n) is 10.2. The molecule has 0 bridgehead atoms. The number of hydrogen-bond acceptors (Lipinski definition) is 6. The van der Waals surface area contributed by atoms with Gasteiger partial charge in [-0.3, -0.25) is 0 Å². The van der Waals surface area contributed by atoms with Crippen LogP contribution < -0.4 is 4.74 Å². The van der Waals surface area contributed by atoms with E-state index in [0.717, 1.165) is 29.7 Å². The van der Waals surface area contributed by atoms with Gasteiger partial charge in [-0.05, 0) is 54.7 Å². The van der Waals surface area contributed by atoms with Gasteiger partial charge in [0.2, 0.25) is 0 Å². The van der Waals surface area contributed by atoms with E-state index in [1.807, 2.05) is 25.1 Å². The Bertz CT molecular complexity index is 880. The zero-order valence-electron chi connectivity index (χ0n) is 16.7. The molecule has 2 aliphatic rings. The molecule has 1 saturated carbocycles. The van der Waals surface area contributed by atoms with Gasteiger partial charge in [0.15, 0.2) is 0 Å². The van der Waals surface area contributed by atoms with E-state index in [4.69, 9.17) is 21.1 Å². The molecule has 0 amide bonds. The summed E-state index contributed by atoms with van der Waals surface area (Å²) in [5, 5.41) is 40.8. The number of hydrogen-bond donors (Lipinski definition) is 4. The van der Waals surface area contributed by atoms with Crippen molar-refractivity contribution in [1.82, 2.24) is 0 Å². The van der Waals surface area contributed by atoms with Crippen LogP contribution in [0.25, 0.3) is 0 Å². The third-order valence-electron chi connectivity index (χ3n) is 6.19. The highest BCUT2D eigenvalue weighted by atomic mass is 35.5. The van der Waals surface area contributed by atoms with Gasteiger partial charge in [0.25, 0.3) is 0 Å². The molecule has 5 atom stereocenters. The summed E-state index contributed by atoms with van der Waals surface area (Å²) < 4.78 is 11.3. The molecule has 6 nitrogen and oxygen atoms in total. The lowest BCUT2D eigenvalue weighted by Gasteiger charge is -2.40. The van der Waals surface area contributed by atoms with Crippen LogP contribution in [0.4, 0.5) is 0 Å². The van der Waals surface area contributed by atoms with Gasteiger partial charge in [-0.2, -0.15) is 0 Å². The number of rotatable bonds is 6. The van der Waals surface area contributed by atoms with Crippen LogP contribution in [0.3, 0.4) is 0 Å². The summed E-state index contributed by atoms with van der Waals surface area (Å²) in [4.78, 5) is 0. The Hall–Kier alpha value is -1.67. The SMILES string of the molecule is CCOc1ccc(C2(c3cc([C@@H]4O[C@H](CO)[C@@H](O)[C@H](O)[C@H]4O)ccc3Cl)CC2)cc1. The fourth-order valence-electron chi connectivity index (χ4n) is 4.34. The maximum absolute atomic E-state index is 10.5. The van der Waals surface area contributed by atoms with Crippen LogP contribution in [-0.4, -0.2) is 58.1 Å². The van der Waals surface area contributed by atoms with E-state index in [2.05, 4.69) is 12.1 Å². The minimum Gasteiger partial charge on any atom is -0.494 e. The molecular formula is C23H27ClO6. The van der Waals surface area contributed by atoms with Crippen molar-refractivity contribution in [3.63, 3.8) is 0 Å². The van der Waals surface area contributed by atoms with Crippen molar-refractivity contribution in [2.24, 2.45) is 0 Å². The van der Waals surface area contributed by atoms with Crippen molar-refractivity contribution in [2.45, 2.75) is 55.7 Å². The van der Waals surface area contributed by atoms with E-state index in [1.54, 1.807) is 12.1 Å². The third kappa shape index (κ3) is 3.73. The number of benzene rings is 2. The third-order valence-corrected chi connectivity index (χ3v) is 6.52. The number of halogens is 1. The topological polar surface area (TPSA) is 99.4 Å². The van der Waals surface area contributed by atoms with Crippen LogP contribution in [0, 0.1) is 0 Å². The Kier molecular flexibility index (Phi) is 6.08. The molecule has 1 saturated heterocycles.